The SMILES string of the molecule is c1ccc(-c2nc(-c3cccc4oc5ccccc5c34)nc(-n3c4ccccc4c4ccc5c6ccccc6n(-c6cc(-c7ccc8ccccc8c7)cc7c6oc6ccccc67)c5c43)n2)cc1. The van der Waals surface area contributed by atoms with Gasteiger partial charge in [0.15, 0.2) is 17.2 Å². The van der Waals surface area contributed by atoms with Gasteiger partial charge in [-0.3, -0.25) is 4.57 Å². The largest absolute Gasteiger partial charge is 0.456 e. The van der Waals surface area contributed by atoms with Gasteiger partial charge in [0, 0.05) is 54.2 Å². The van der Waals surface area contributed by atoms with Crippen molar-refractivity contribution in [3.63, 3.8) is 0 Å². The number of para-hydroxylation sites is 4. The monoisotopic (exact) mass is 869 g/mol. The van der Waals surface area contributed by atoms with E-state index in [0.717, 1.165) is 115 Å². The lowest BCUT2D eigenvalue weighted by Crippen LogP contribution is -2.07. The molecule has 0 aliphatic heterocycles. The van der Waals surface area contributed by atoms with Crippen LogP contribution in [0.3, 0.4) is 0 Å². The molecule has 0 fully saturated rings. The zero-order valence-electron chi connectivity index (χ0n) is 36.3. The van der Waals surface area contributed by atoms with Gasteiger partial charge in [0.1, 0.15) is 16.7 Å². The summed E-state index contributed by atoms with van der Waals surface area (Å²) in [5, 5.41) is 10.9. The Balaban J connectivity index is 1.09. The summed E-state index contributed by atoms with van der Waals surface area (Å²) in [6.07, 6.45) is 0. The summed E-state index contributed by atoms with van der Waals surface area (Å²) in [6.45, 7) is 0. The molecule has 5 heterocycles. The van der Waals surface area contributed by atoms with Gasteiger partial charge in [0.2, 0.25) is 5.95 Å². The molecule has 7 nitrogen and oxygen atoms in total. The molecular formula is C61H35N5O2. The van der Waals surface area contributed by atoms with Crippen LogP contribution in [0.25, 0.3) is 144 Å². The summed E-state index contributed by atoms with van der Waals surface area (Å²) in [5.74, 6) is 1.63. The molecule has 0 spiro atoms. The van der Waals surface area contributed by atoms with E-state index in [9.17, 15) is 0 Å². The van der Waals surface area contributed by atoms with Crippen molar-refractivity contribution in [1.82, 2.24) is 24.1 Å². The Morgan fingerprint density at radius 2 is 0.956 bits per heavy atom. The van der Waals surface area contributed by atoms with E-state index in [1.165, 1.54) is 10.8 Å². The Kier molecular flexibility index (Phi) is 7.65. The lowest BCUT2D eigenvalue weighted by Gasteiger charge is -2.15. The van der Waals surface area contributed by atoms with Crippen molar-refractivity contribution in [3.05, 3.63) is 212 Å². The topological polar surface area (TPSA) is 74.8 Å². The van der Waals surface area contributed by atoms with Crippen molar-refractivity contribution in [2.45, 2.75) is 0 Å². The van der Waals surface area contributed by atoms with Crippen LogP contribution in [-0.2, 0) is 0 Å². The Labute approximate surface area is 387 Å². The van der Waals surface area contributed by atoms with E-state index in [0.29, 0.717) is 17.6 Å². The third-order valence-corrected chi connectivity index (χ3v) is 13.7. The van der Waals surface area contributed by atoms with E-state index in [1.807, 2.05) is 54.6 Å². The van der Waals surface area contributed by atoms with Crippen molar-refractivity contribution < 1.29 is 8.83 Å². The van der Waals surface area contributed by atoms with E-state index in [-0.39, 0.29) is 0 Å². The van der Waals surface area contributed by atoms with Crippen LogP contribution >= 0.6 is 0 Å². The molecule has 0 N–H and O–H groups in total. The van der Waals surface area contributed by atoms with E-state index in [1.54, 1.807) is 0 Å². The predicted molar refractivity (Wildman–Crippen MR) is 277 cm³/mol. The molecule has 0 aliphatic carbocycles. The molecule has 7 heteroatoms. The number of hydrogen-bond acceptors (Lipinski definition) is 5. The van der Waals surface area contributed by atoms with Crippen LogP contribution in [0.1, 0.15) is 0 Å². The molecule has 0 saturated heterocycles. The minimum atomic E-state index is 0.507. The Bertz CT molecular complexity index is 4570. The summed E-state index contributed by atoms with van der Waals surface area (Å²) in [4.78, 5) is 16.2. The molecule has 0 bridgehead atoms. The van der Waals surface area contributed by atoms with Gasteiger partial charge >= 0.3 is 0 Å². The first-order chi connectivity index (χ1) is 33.7. The van der Waals surface area contributed by atoms with Gasteiger partial charge in [-0.05, 0) is 70.4 Å². The fraction of sp³-hybridized carbons (Fsp3) is 0. The molecule has 0 amide bonds. The molecule has 0 aliphatic rings. The summed E-state index contributed by atoms with van der Waals surface area (Å²) in [7, 11) is 0. The Morgan fingerprint density at radius 3 is 1.75 bits per heavy atom. The minimum absolute atomic E-state index is 0.507. The first-order valence-corrected chi connectivity index (χ1v) is 22.8. The molecule has 68 heavy (non-hydrogen) atoms. The molecule has 5 aromatic heterocycles. The van der Waals surface area contributed by atoms with E-state index in [2.05, 4.69) is 167 Å². The van der Waals surface area contributed by atoms with E-state index < -0.39 is 0 Å². The zero-order valence-corrected chi connectivity index (χ0v) is 36.3. The Morgan fingerprint density at radius 1 is 0.338 bits per heavy atom. The normalized spacial score (nSPS) is 12.1. The van der Waals surface area contributed by atoms with Crippen molar-refractivity contribution >= 4 is 98.3 Å². The summed E-state index contributed by atoms with van der Waals surface area (Å²) in [5.41, 5.74) is 12.2. The van der Waals surface area contributed by atoms with Crippen LogP contribution in [0.15, 0.2) is 221 Å². The van der Waals surface area contributed by atoms with Gasteiger partial charge in [-0.2, -0.15) is 9.97 Å². The van der Waals surface area contributed by atoms with Gasteiger partial charge in [0.25, 0.3) is 0 Å². The maximum atomic E-state index is 6.97. The molecule has 316 valence electrons. The van der Waals surface area contributed by atoms with Crippen LogP contribution in [-0.4, -0.2) is 24.1 Å². The highest BCUT2D eigenvalue weighted by atomic mass is 16.3. The second kappa shape index (κ2) is 14.1. The molecule has 0 unspecified atom stereocenters. The quantitative estimate of drug-likeness (QED) is 0.172. The average molecular weight is 870 g/mol. The lowest BCUT2D eigenvalue weighted by atomic mass is 9.98. The average Bonchev–Trinajstić information content (AvgIpc) is 4.16. The standard InChI is InChI=1S/C61H35N5O2/c1-2-16-37(17-3-1)59-62-60(47-23-14-28-54-55(47)46-22-9-13-27-53(46)67-54)64-61(63-59)66-50-25-11-7-20-42(50)45-32-31-44-41-19-6-10-24-49(41)65(56(44)57(45)66)51-35-40(39-30-29-36-15-4-5-18-38(36)33-39)34-48-43-21-8-12-26-52(43)68-58(48)51/h1-35H. The highest BCUT2D eigenvalue weighted by Crippen LogP contribution is 2.45. The van der Waals surface area contributed by atoms with Crippen LogP contribution < -0.4 is 0 Å². The lowest BCUT2D eigenvalue weighted by molar-refractivity contribution is 0.666. The number of aromatic nitrogens is 5. The minimum Gasteiger partial charge on any atom is -0.456 e. The number of rotatable bonds is 5. The second-order valence-electron chi connectivity index (χ2n) is 17.5. The summed E-state index contributed by atoms with van der Waals surface area (Å²) in [6, 6.07) is 74.4. The zero-order chi connectivity index (χ0) is 44.5. The van der Waals surface area contributed by atoms with Crippen molar-refractivity contribution in [3.8, 4) is 45.5 Å². The molecule has 0 radical (unpaired) electrons. The van der Waals surface area contributed by atoms with Gasteiger partial charge in [-0.25, -0.2) is 4.98 Å². The third kappa shape index (κ3) is 5.32. The van der Waals surface area contributed by atoms with Crippen molar-refractivity contribution in [2.24, 2.45) is 0 Å². The van der Waals surface area contributed by atoms with Crippen molar-refractivity contribution in [1.29, 1.82) is 0 Å². The fourth-order valence-electron chi connectivity index (χ4n) is 10.7. The molecule has 0 saturated carbocycles. The van der Waals surface area contributed by atoms with Crippen LogP contribution in [0.5, 0.6) is 0 Å². The molecule has 15 rings (SSSR count). The first kappa shape index (κ1) is 36.9. The van der Waals surface area contributed by atoms with Crippen LogP contribution in [0.4, 0.5) is 0 Å². The summed E-state index contributed by atoms with van der Waals surface area (Å²) < 4.78 is 18.0. The van der Waals surface area contributed by atoms with Crippen molar-refractivity contribution in [2.75, 3.05) is 0 Å². The molecule has 10 aromatic carbocycles. The maximum absolute atomic E-state index is 6.97. The molecule has 0 atom stereocenters. The number of furan rings is 2. The van der Waals surface area contributed by atoms with E-state index >= 15 is 0 Å². The van der Waals surface area contributed by atoms with Gasteiger partial charge in [-0.15, -0.1) is 0 Å². The number of fused-ring (bicyclic) bond motifs is 14. The fourth-order valence-corrected chi connectivity index (χ4v) is 10.7. The van der Waals surface area contributed by atoms with Gasteiger partial charge in [-0.1, -0.05) is 164 Å². The maximum Gasteiger partial charge on any atom is 0.238 e. The summed E-state index contributed by atoms with van der Waals surface area (Å²) >= 11 is 0. The number of hydrogen-bond donors (Lipinski definition) is 0. The second-order valence-corrected chi connectivity index (χ2v) is 17.5. The van der Waals surface area contributed by atoms with Crippen LogP contribution in [0.2, 0.25) is 0 Å². The number of benzene rings is 10. The van der Waals surface area contributed by atoms with E-state index in [4.69, 9.17) is 23.8 Å². The molecular weight excluding hydrogens is 835 g/mol. The van der Waals surface area contributed by atoms with Gasteiger partial charge in [0.05, 0.1) is 27.8 Å². The smallest absolute Gasteiger partial charge is 0.238 e. The Hall–Kier alpha value is -9.33. The number of nitrogens with zero attached hydrogens (tertiary/aromatic N) is 5. The van der Waals surface area contributed by atoms with Gasteiger partial charge < -0.3 is 13.4 Å². The van der Waals surface area contributed by atoms with Crippen LogP contribution in [0, 0.1) is 0 Å². The predicted octanol–water partition coefficient (Wildman–Crippen LogP) is 16.0. The third-order valence-electron chi connectivity index (χ3n) is 13.7. The molecule has 15 aromatic rings. The highest BCUT2D eigenvalue weighted by molar-refractivity contribution is 6.24. The first-order valence-electron chi connectivity index (χ1n) is 22.8. The highest BCUT2D eigenvalue weighted by Gasteiger charge is 2.26.